The van der Waals surface area contributed by atoms with Crippen LogP contribution in [0.4, 0.5) is 4.79 Å². The fraction of sp³-hybridized carbons (Fsp3) is 0.692. The van der Waals surface area contributed by atoms with E-state index in [1.807, 2.05) is 45.2 Å². The van der Waals surface area contributed by atoms with Gasteiger partial charge in [0.1, 0.15) is 30.3 Å². The summed E-state index contributed by atoms with van der Waals surface area (Å²) in [5, 5.41) is 11.0. The number of likely N-dealkylation sites (N-methyl/N-ethyl adjacent to an activating group) is 2. The smallest absolute Gasteiger partial charge is 0.445 e. The number of hydrogen-bond donors (Lipinski definition) is 6. The molecule has 0 aliphatic carbocycles. The first-order valence-corrected chi connectivity index (χ1v) is 31.2. The fourth-order valence-electron chi connectivity index (χ4n) is 9.34. The molecule has 9 unspecified atom stereocenters. The number of thiazole rings is 1. The SMILES string of the molecule is CCC(C)C(C(CC(=O)N1CCCC1C(OC)C(C)C(=O)NCc1nccs1)OC)N(C)C(=O)C(NC(=O)C(C(C)C)N(C)C(=O)OCc1ccc(SSCC(N)C(=O)NCCOP(=O)(O)O)c(CCOCC(C)=O)c1)C(C)C. The van der Waals surface area contributed by atoms with E-state index in [0.717, 1.165) is 21.9 Å². The number of benzene rings is 1. The van der Waals surface area contributed by atoms with Gasteiger partial charge < -0.3 is 60.2 Å². The molecule has 7 N–H and O–H groups in total. The average Bonchev–Trinajstić information content (AvgIpc) is 4.15. The zero-order chi connectivity index (χ0) is 59.1. The van der Waals surface area contributed by atoms with Crippen LogP contribution in [0.25, 0.3) is 0 Å². The fourth-order valence-corrected chi connectivity index (χ4v) is 12.6. The number of phosphoric ester groups is 1. The van der Waals surface area contributed by atoms with Crippen molar-refractivity contribution in [3.63, 3.8) is 0 Å². The number of ketones is 1. The maximum atomic E-state index is 14.7. The number of carbonyl (C=O) groups is 7. The molecule has 1 saturated heterocycles. The topological polar surface area (TPSA) is 308 Å². The maximum Gasteiger partial charge on any atom is 0.469 e. The molecule has 9 atom stereocenters. The number of methoxy groups -OCH3 is 2. The highest BCUT2D eigenvalue weighted by molar-refractivity contribution is 8.76. The quantitative estimate of drug-likeness (QED) is 0.0313. The Morgan fingerprint density at radius 1 is 0.962 bits per heavy atom. The van der Waals surface area contributed by atoms with Gasteiger partial charge in [0.2, 0.25) is 29.5 Å². The highest BCUT2D eigenvalue weighted by atomic mass is 33.1. The molecule has 1 aromatic carbocycles. The Morgan fingerprint density at radius 3 is 2.27 bits per heavy atom. The van der Waals surface area contributed by atoms with Crippen molar-refractivity contribution >= 4 is 82.2 Å². The highest BCUT2D eigenvalue weighted by Crippen LogP contribution is 2.36. The van der Waals surface area contributed by atoms with E-state index in [1.54, 1.807) is 57.0 Å². The van der Waals surface area contributed by atoms with Crippen LogP contribution in [0, 0.1) is 23.7 Å². The summed E-state index contributed by atoms with van der Waals surface area (Å²) in [4.78, 5) is 122. The van der Waals surface area contributed by atoms with Gasteiger partial charge in [-0.2, -0.15) is 0 Å². The minimum atomic E-state index is -4.67. The number of nitrogens with two attached hydrogens (primary N) is 1. The van der Waals surface area contributed by atoms with Crippen LogP contribution in [0.5, 0.6) is 0 Å². The lowest BCUT2D eigenvalue weighted by molar-refractivity contribution is -0.148. The molecule has 3 rings (SSSR count). The van der Waals surface area contributed by atoms with Gasteiger partial charge in [0.05, 0.1) is 62.4 Å². The highest BCUT2D eigenvalue weighted by Gasteiger charge is 2.43. The molecule has 0 radical (unpaired) electrons. The van der Waals surface area contributed by atoms with E-state index < -0.39 is 92.4 Å². The summed E-state index contributed by atoms with van der Waals surface area (Å²) in [6.45, 7) is 14.6. The molecular weight excluding hydrogens is 1100 g/mol. The molecule has 1 fully saturated rings. The maximum absolute atomic E-state index is 14.7. The largest absolute Gasteiger partial charge is 0.469 e. The third kappa shape index (κ3) is 22.2. The number of carbonyl (C=O) groups excluding carboxylic acids is 7. The van der Waals surface area contributed by atoms with Gasteiger partial charge >= 0.3 is 13.9 Å². The van der Waals surface area contributed by atoms with Gasteiger partial charge in [-0.25, -0.2) is 14.3 Å². The van der Waals surface area contributed by atoms with Crippen LogP contribution in [0.2, 0.25) is 0 Å². The summed E-state index contributed by atoms with van der Waals surface area (Å²) < 4.78 is 38.5. The Hall–Kier alpha value is -4.21. The second-order valence-corrected chi connectivity index (χ2v) is 25.0. The van der Waals surface area contributed by atoms with Gasteiger partial charge in [-0.15, -0.1) is 11.3 Å². The molecule has 446 valence electrons. The number of phosphoric acid groups is 1. The standard InChI is InChI=1S/C52H85N8O15PS3/c1-13-33(6)46(40(71-11)26-43(62)60-21-14-15-39(60)47(72-12)35(8)48(63)56-27-42-54-20-24-77-42)58(9)51(66)44(31(2)3)57-50(65)45(32(4)5)59(10)52(67)74-29-36-16-17-41(37(25-36)18-22-73-28-34(7)61)79-78-30-38(53)49(64)55-19-23-75-76(68,69)70/h16-17,20,24-25,31-33,35,38-40,44-47H,13-15,18-19,21-23,26-30,53H2,1-12H3,(H,55,64)(H,56,63)(H,57,65)(H2,68,69,70). The second kappa shape index (κ2) is 34.3. The van der Waals surface area contributed by atoms with Gasteiger partial charge in [0.15, 0.2) is 5.78 Å². The van der Waals surface area contributed by atoms with Gasteiger partial charge in [-0.3, -0.25) is 38.2 Å². The van der Waals surface area contributed by atoms with Crippen molar-refractivity contribution in [3.8, 4) is 0 Å². The number of amides is 6. The van der Waals surface area contributed by atoms with E-state index in [2.05, 4.69) is 25.5 Å². The normalized spacial score (nSPS) is 16.8. The Kier molecular flexibility index (Phi) is 30.0. The molecule has 0 saturated carbocycles. The third-order valence-electron chi connectivity index (χ3n) is 13.7. The molecular formula is C52H85N8O15PS3. The van der Waals surface area contributed by atoms with E-state index >= 15 is 0 Å². The van der Waals surface area contributed by atoms with Crippen LogP contribution in [0.3, 0.4) is 0 Å². The zero-order valence-corrected chi connectivity index (χ0v) is 51.0. The molecule has 1 aliphatic rings. The van der Waals surface area contributed by atoms with E-state index in [0.29, 0.717) is 37.9 Å². The Bertz CT molecular complexity index is 2330. The summed E-state index contributed by atoms with van der Waals surface area (Å²) in [6.07, 6.45) is 1.93. The van der Waals surface area contributed by atoms with E-state index in [1.165, 1.54) is 58.9 Å². The monoisotopic (exact) mass is 1190 g/mol. The van der Waals surface area contributed by atoms with Crippen molar-refractivity contribution in [3.05, 3.63) is 45.9 Å². The molecule has 6 amide bonds. The van der Waals surface area contributed by atoms with Crippen molar-refractivity contribution in [2.75, 3.05) is 67.0 Å². The molecule has 0 bridgehead atoms. The first-order valence-electron chi connectivity index (χ1n) is 26.5. The summed E-state index contributed by atoms with van der Waals surface area (Å²) in [7, 11) is 4.14. The van der Waals surface area contributed by atoms with Gasteiger partial charge in [0, 0.05) is 63.6 Å². The van der Waals surface area contributed by atoms with Crippen LogP contribution in [-0.4, -0.2) is 180 Å². The minimum absolute atomic E-state index is 0.0511. The predicted molar refractivity (Wildman–Crippen MR) is 302 cm³/mol. The van der Waals surface area contributed by atoms with Crippen LogP contribution < -0.4 is 21.7 Å². The van der Waals surface area contributed by atoms with Gasteiger partial charge in [-0.05, 0) is 61.1 Å². The molecule has 2 aromatic rings. The lowest BCUT2D eigenvalue weighted by Gasteiger charge is -2.41. The molecule has 2 heterocycles. The van der Waals surface area contributed by atoms with Crippen molar-refractivity contribution in [1.29, 1.82) is 0 Å². The first kappa shape index (κ1) is 69.1. The number of rotatable bonds is 35. The number of hydrogen-bond acceptors (Lipinski definition) is 18. The van der Waals surface area contributed by atoms with Crippen molar-refractivity contribution in [2.45, 2.75) is 148 Å². The number of likely N-dealkylation sites (tertiary alicyclic amines) is 1. The number of nitrogens with zero attached hydrogens (tertiary/aromatic N) is 4. The number of Topliss-reactive ketones (excluding diaryl/α,β-unsaturated/α-hetero) is 1. The summed E-state index contributed by atoms with van der Waals surface area (Å²) >= 11 is 1.44. The third-order valence-corrected chi connectivity index (χ3v) is 17.5. The average molecular weight is 1190 g/mol. The molecule has 27 heteroatoms. The van der Waals surface area contributed by atoms with Crippen molar-refractivity contribution in [1.82, 2.24) is 35.6 Å². The Labute approximate surface area is 477 Å². The minimum Gasteiger partial charge on any atom is -0.445 e. The number of aromatic nitrogens is 1. The Morgan fingerprint density at radius 2 is 1.67 bits per heavy atom. The lowest BCUT2D eigenvalue weighted by Crippen LogP contribution is -2.60. The zero-order valence-electron chi connectivity index (χ0n) is 47.7. The summed E-state index contributed by atoms with van der Waals surface area (Å²) in [5.74, 6) is -3.37. The van der Waals surface area contributed by atoms with Crippen LogP contribution in [-0.2, 0) is 76.4 Å². The molecule has 0 spiro atoms. The molecule has 1 aliphatic heterocycles. The predicted octanol–water partition coefficient (Wildman–Crippen LogP) is 4.55. The van der Waals surface area contributed by atoms with E-state index in [4.69, 9.17) is 34.5 Å². The van der Waals surface area contributed by atoms with Crippen molar-refractivity contribution < 1.29 is 71.4 Å². The summed E-state index contributed by atoms with van der Waals surface area (Å²) in [5.41, 5.74) is 7.47. The van der Waals surface area contributed by atoms with Crippen LogP contribution in [0.1, 0.15) is 97.2 Å². The van der Waals surface area contributed by atoms with E-state index in [-0.39, 0.29) is 68.1 Å². The Balaban J connectivity index is 1.72. The second-order valence-electron chi connectivity index (χ2n) is 20.4. The first-order chi connectivity index (χ1) is 37.3. The van der Waals surface area contributed by atoms with Crippen molar-refractivity contribution in [2.24, 2.45) is 29.4 Å². The molecule has 23 nitrogen and oxygen atoms in total. The number of nitrogens with one attached hydrogen (secondary N) is 3. The lowest BCUT2D eigenvalue weighted by atomic mass is 9.89. The van der Waals surface area contributed by atoms with Gasteiger partial charge in [-0.1, -0.05) is 88.6 Å². The van der Waals surface area contributed by atoms with Gasteiger partial charge in [0.25, 0.3) is 0 Å². The van der Waals surface area contributed by atoms with E-state index in [9.17, 15) is 38.1 Å². The molecule has 79 heavy (non-hydrogen) atoms. The molecule has 1 aromatic heterocycles. The number of ether oxygens (including phenoxy) is 4. The van der Waals surface area contributed by atoms with Crippen LogP contribution in [0.15, 0.2) is 34.7 Å². The summed E-state index contributed by atoms with van der Waals surface area (Å²) in [6, 6.07) is 1.43. The van der Waals surface area contributed by atoms with Crippen LogP contribution >= 0.6 is 40.7 Å².